The molecule has 1 heterocycles. The van der Waals surface area contributed by atoms with Crippen molar-refractivity contribution in [1.82, 2.24) is 0 Å². The van der Waals surface area contributed by atoms with Crippen molar-refractivity contribution in [2.45, 2.75) is 26.2 Å². The summed E-state index contributed by atoms with van der Waals surface area (Å²) in [5.41, 5.74) is 10.3. The maximum absolute atomic E-state index is 6.18. The van der Waals surface area contributed by atoms with Crippen LogP contribution in [0.1, 0.15) is 26.3 Å². The number of nitrogens with two attached hydrogens (primary N) is 1. The molecule has 0 amide bonds. The third kappa shape index (κ3) is 2.10. The lowest BCUT2D eigenvalue weighted by molar-refractivity contribution is 0.484. The SMILES string of the molecule is CC(C)(C)c1cc(N)c2c(c1)Oc1ccccc1[B]2. The maximum Gasteiger partial charge on any atom is 0.204 e. The Hall–Kier alpha value is -1.90. The Morgan fingerprint density at radius 2 is 1.79 bits per heavy atom. The molecule has 0 aromatic heterocycles. The third-order valence-corrected chi connectivity index (χ3v) is 3.48. The standard InChI is InChI=1S/C16H17BNO/c1-16(2,3)10-8-12(18)15-14(9-10)19-13-7-5-4-6-11(13)17-15/h4-9H,18H2,1-3H3. The van der Waals surface area contributed by atoms with E-state index in [0.29, 0.717) is 0 Å². The molecule has 1 radical (unpaired) electrons. The molecular weight excluding hydrogens is 233 g/mol. The molecule has 19 heavy (non-hydrogen) atoms. The number of nitrogen functional groups attached to an aromatic ring is 1. The molecule has 0 fully saturated rings. The van der Waals surface area contributed by atoms with Crippen LogP contribution < -0.4 is 21.4 Å². The van der Waals surface area contributed by atoms with E-state index in [-0.39, 0.29) is 5.41 Å². The van der Waals surface area contributed by atoms with Gasteiger partial charge in [0.05, 0.1) is 0 Å². The van der Waals surface area contributed by atoms with Crippen LogP contribution in [-0.4, -0.2) is 7.28 Å². The summed E-state index contributed by atoms with van der Waals surface area (Å²) in [4.78, 5) is 0. The summed E-state index contributed by atoms with van der Waals surface area (Å²) in [5.74, 6) is 1.74. The van der Waals surface area contributed by atoms with Gasteiger partial charge in [-0.3, -0.25) is 0 Å². The lowest BCUT2D eigenvalue weighted by atomic mass is 9.61. The fourth-order valence-corrected chi connectivity index (χ4v) is 2.29. The summed E-state index contributed by atoms with van der Waals surface area (Å²) < 4.78 is 5.98. The molecule has 2 aromatic rings. The van der Waals surface area contributed by atoms with Gasteiger partial charge in [-0.15, -0.1) is 0 Å². The maximum atomic E-state index is 6.18. The number of hydrogen-bond acceptors (Lipinski definition) is 2. The van der Waals surface area contributed by atoms with Crippen molar-refractivity contribution in [3.8, 4) is 11.5 Å². The van der Waals surface area contributed by atoms with Gasteiger partial charge in [0.25, 0.3) is 0 Å². The summed E-state index contributed by atoms with van der Waals surface area (Å²) in [6.07, 6.45) is 0. The van der Waals surface area contributed by atoms with Crippen LogP contribution in [0.4, 0.5) is 5.69 Å². The Kier molecular flexibility index (Phi) is 2.59. The predicted octanol–water partition coefficient (Wildman–Crippen LogP) is 2.33. The molecule has 0 spiro atoms. The monoisotopic (exact) mass is 250 g/mol. The highest BCUT2D eigenvalue weighted by molar-refractivity contribution is 6.71. The van der Waals surface area contributed by atoms with Crippen LogP contribution in [0.15, 0.2) is 36.4 Å². The van der Waals surface area contributed by atoms with E-state index in [2.05, 4.69) is 34.1 Å². The van der Waals surface area contributed by atoms with Gasteiger partial charge in [0.2, 0.25) is 7.28 Å². The Bertz CT molecular complexity index is 644. The van der Waals surface area contributed by atoms with E-state index in [4.69, 9.17) is 10.5 Å². The number of anilines is 1. The second-order valence-electron chi connectivity index (χ2n) is 6.01. The average Bonchev–Trinajstić information content (AvgIpc) is 2.35. The largest absolute Gasteiger partial charge is 0.458 e. The highest BCUT2D eigenvalue weighted by Gasteiger charge is 2.23. The van der Waals surface area contributed by atoms with Crippen LogP contribution in [0.2, 0.25) is 0 Å². The van der Waals surface area contributed by atoms with Crippen LogP contribution in [0, 0.1) is 0 Å². The van der Waals surface area contributed by atoms with Crippen LogP contribution in [0.5, 0.6) is 11.5 Å². The summed E-state index contributed by atoms with van der Waals surface area (Å²) in [6.45, 7) is 6.53. The predicted molar refractivity (Wildman–Crippen MR) is 81.1 cm³/mol. The van der Waals surface area contributed by atoms with E-state index in [9.17, 15) is 0 Å². The molecule has 0 aliphatic carbocycles. The van der Waals surface area contributed by atoms with E-state index in [1.165, 1.54) is 5.56 Å². The Balaban J connectivity index is 2.11. The number of para-hydroxylation sites is 1. The lowest BCUT2D eigenvalue weighted by Gasteiger charge is -2.26. The average molecular weight is 250 g/mol. The summed E-state index contributed by atoms with van der Waals surface area (Å²) in [5, 5.41) is 0. The first-order chi connectivity index (χ1) is 8.95. The molecular formula is C16H17BNO. The van der Waals surface area contributed by atoms with E-state index < -0.39 is 0 Å². The molecule has 0 unspecified atom stereocenters. The van der Waals surface area contributed by atoms with Crippen molar-refractivity contribution in [2.75, 3.05) is 5.73 Å². The highest BCUT2D eigenvalue weighted by atomic mass is 16.5. The molecule has 3 rings (SSSR count). The molecule has 1 aliphatic rings. The lowest BCUT2D eigenvalue weighted by Crippen LogP contribution is -2.36. The molecule has 2 N–H and O–H groups in total. The van der Waals surface area contributed by atoms with E-state index in [1.54, 1.807) is 0 Å². The van der Waals surface area contributed by atoms with Crippen LogP contribution in [-0.2, 0) is 5.41 Å². The van der Waals surface area contributed by atoms with Gasteiger partial charge >= 0.3 is 0 Å². The second-order valence-corrected chi connectivity index (χ2v) is 6.01. The molecule has 0 bridgehead atoms. The quantitative estimate of drug-likeness (QED) is 0.491. The van der Waals surface area contributed by atoms with Gasteiger partial charge in [0.1, 0.15) is 11.5 Å². The Labute approximate surface area is 114 Å². The number of hydrogen-bond donors (Lipinski definition) is 1. The van der Waals surface area contributed by atoms with Gasteiger partial charge < -0.3 is 10.5 Å². The highest BCUT2D eigenvalue weighted by Crippen LogP contribution is 2.30. The zero-order valence-electron chi connectivity index (χ0n) is 11.5. The minimum atomic E-state index is 0.0590. The van der Waals surface area contributed by atoms with Crippen molar-refractivity contribution in [1.29, 1.82) is 0 Å². The van der Waals surface area contributed by atoms with Crippen molar-refractivity contribution in [3.63, 3.8) is 0 Å². The number of benzene rings is 2. The summed E-state index contributed by atoms with van der Waals surface area (Å²) in [6, 6.07) is 12.1. The van der Waals surface area contributed by atoms with Gasteiger partial charge in [0, 0.05) is 5.69 Å². The minimum absolute atomic E-state index is 0.0590. The van der Waals surface area contributed by atoms with E-state index in [0.717, 1.165) is 28.1 Å². The van der Waals surface area contributed by atoms with Gasteiger partial charge in [-0.05, 0) is 40.1 Å². The van der Waals surface area contributed by atoms with E-state index >= 15 is 0 Å². The van der Waals surface area contributed by atoms with E-state index in [1.807, 2.05) is 30.3 Å². The number of ether oxygens (including phenoxy) is 1. The summed E-state index contributed by atoms with van der Waals surface area (Å²) in [7, 11) is 2.09. The first-order valence-electron chi connectivity index (χ1n) is 6.51. The molecule has 95 valence electrons. The third-order valence-electron chi connectivity index (χ3n) is 3.48. The molecule has 1 aliphatic heterocycles. The van der Waals surface area contributed by atoms with Gasteiger partial charge in [0.15, 0.2) is 0 Å². The fourth-order valence-electron chi connectivity index (χ4n) is 2.29. The second kappa shape index (κ2) is 4.05. The Morgan fingerprint density at radius 3 is 2.53 bits per heavy atom. The smallest absolute Gasteiger partial charge is 0.204 e. The van der Waals surface area contributed by atoms with Gasteiger partial charge in [-0.25, -0.2) is 0 Å². The molecule has 0 atom stereocenters. The normalized spacial score (nSPS) is 13.0. The Morgan fingerprint density at radius 1 is 1.05 bits per heavy atom. The molecule has 2 nitrogen and oxygen atoms in total. The first-order valence-corrected chi connectivity index (χ1v) is 6.51. The fraction of sp³-hybridized carbons (Fsp3) is 0.250. The van der Waals surface area contributed by atoms with Crippen LogP contribution in [0.3, 0.4) is 0 Å². The molecule has 0 saturated carbocycles. The zero-order valence-corrected chi connectivity index (χ0v) is 11.5. The number of rotatable bonds is 0. The van der Waals surface area contributed by atoms with Crippen molar-refractivity contribution in [3.05, 3.63) is 42.0 Å². The minimum Gasteiger partial charge on any atom is -0.458 e. The topological polar surface area (TPSA) is 35.2 Å². The number of fused-ring (bicyclic) bond motifs is 2. The summed E-state index contributed by atoms with van der Waals surface area (Å²) >= 11 is 0. The van der Waals surface area contributed by atoms with Crippen molar-refractivity contribution >= 4 is 23.9 Å². The van der Waals surface area contributed by atoms with Crippen molar-refractivity contribution in [2.24, 2.45) is 0 Å². The molecule has 3 heteroatoms. The zero-order chi connectivity index (χ0) is 13.6. The van der Waals surface area contributed by atoms with Crippen LogP contribution >= 0.6 is 0 Å². The molecule has 0 saturated heterocycles. The van der Waals surface area contributed by atoms with Crippen molar-refractivity contribution < 1.29 is 4.74 Å². The first kappa shape index (κ1) is 12.2. The molecule has 2 aromatic carbocycles. The van der Waals surface area contributed by atoms with Gasteiger partial charge in [-0.2, -0.15) is 0 Å². The van der Waals surface area contributed by atoms with Crippen LogP contribution in [0.25, 0.3) is 0 Å². The van der Waals surface area contributed by atoms with Gasteiger partial charge in [-0.1, -0.05) is 39.0 Å².